The number of fused-ring (bicyclic) bond motifs is 2. The predicted molar refractivity (Wildman–Crippen MR) is 144 cm³/mol. The van der Waals surface area contributed by atoms with Crippen molar-refractivity contribution in [2.24, 2.45) is 0 Å². The maximum atomic E-state index is 6.72. The Morgan fingerprint density at radius 3 is 2.24 bits per heavy atom. The quantitative estimate of drug-likeness (QED) is 0.243. The summed E-state index contributed by atoms with van der Waals surface area (Å²) in [5.41, 5.74) is 5.03. The number of ether oxygens (including phenoxy) is 2. The van der Waals surface area contributed by atoms with E-state index in [2.05, 4.69) is 77.8 Å². The van der Waals surface area contributed by atoms with Gasteiger partial charge in [0.05, 0.1) is 23.8 Å². The van der Waals surface area contributed by atoms with E-state index in [9.17, 15) is 0 Å². The highest BCUT2D eigenvalue weighted by Gasteiger charge is 2.13. The number of benzene rings is 4. The van der Waals surface area contributed by atoms with Gasteiger partial charge in [-0.2, -0.15) is 0 Å². The molecule has 0 fully saturated rings. The van der Waals surface area contributed by atoms with Crippen LogP contribution < -0.4 is 9.47 Å². The summed E-state index contributed by atoms with van der Waals surface area (Å²) in [5, 5.41) is 4.19. The minimum Gasteiger partial charge on any atom is -0.494 e. The number of halogens is 1. The second-order valence-electron chi connectivity index (χ2n) is 8.11. The van der Waals surface area contributed by atoms with E-state index in [0.717, 1.165) is 44.8 Å². The van der Waals surface area contributed by atoms with Crippen molar-refractivity contribution >= 4 is 45.4 Å². The molecule has 1 N–H and O–H groups in total. The number of hydrogen-bond donors (Lipinski definition) is 1. The van der Waals surface area contributed by atoms with E-state index in [-0.39, 0.29) is 0 Å². The fraction of sp³-hybridized carbons (Fsp3) is 0.133. The van der Waals surface area contributed by atoms with Gasteiger partial charge in [-0.3, -0.25) is 0 Å². The molecule has 0 aliphatic heterocycles. The number of H-pyrrole nitrogens is 1. The number of aromatic amines is 1. The Morgan fingerprint density at radius 1 is 0.735 bits per heavy atom. The number of hydrogen-bond acceptors (Lipinski definition) is 2. The van der Waals surface area contributed by atoms with Crippen LogP contribution in [0.2, 0.25) is 5.02 Å². The number of aromatic nitrogens is 1. The van der Waals surface area contributed by atoms with Crippen molar-refractivity contribution in [3.63, 3.8) is 0 Å². The average Bonchev–Trinajstić information content (AvgIpc) is 3.27. The molecule has 0 saturated carbocycles. The Balaban J connectivity index is 1.44. The van der Waals surface area contributed by atoms with Crippen LogP contribution in [-0.4, -0.2) is 18.2 Å². The molecule has 4 heteroatoms. The summed E-state index contributed by atoms with van der Waals surface area (Å²) in [6, 6.07) is 27.0. The predicted octanol–water partition coefficient (Wildman–Crippen LogP) is 8.61. The second kappa shape index (κ2) is 9.66. The first-order chi connectivity index (χ1) is 16.6. The van der Waals surface area contributed by atoms with Crippen LogP contribution in [0.25, 0.3) is 45.1 Å². The van der Waals surface area contributed by atoms with Crippen LogP contribution in [0.5, 0.6) is 11.5 Å². The lowest BCUT2D eigenvalue weighted by Crippen LogP contribution is -1.95. The van der Waals surface area contributed by atoms with Crippen molar-refractivity contribution in [3.8, 4) is 22.8 Å². The number of nitrogens with one attached hydrogen (secondary N) is 1. The SMILES string of the molecule is CCOc1cc(OCC)c2[nH]c(-c3ccc(C=Cc4ccc5ccccc5c4)cc3Cl)cc2c1. The molecule has 0 aliphatic rings. The summed E-state index contributed by atoms with van der Waals surface area (Å²) in [6.45, 7) is 5.14. The van der Waals surface area contributed by atoms with Gasteiger partial charge >= 0.3 is 0 Å². The minimum absolute atomic E-state index is 0.581. The molecule has 0 radical (unpaired) electrons. The maximum Gasteiger partial charge on any atom is 0.147 e. The average molecular weight is 468 g/mol. The molecular weight excluding hydrogens is 442 g/mol. The molecule has 0 aliphatic carbocycles. The number of rotatable bonds is 7. The monoisotopic (exact) mass is 467 g/mol. The molecule has 0 bridgehead atoms. The third kappa shape index (κ3) is 4.52. The Morgan fingerprint density at radius 2 is 1.47 bits per heavy atom. The van der Waals surface area contributed by atoms with E-state index in [1.54, 1.807) is 0 Å². The van der Waals surface area contributed by atoms with Gasteiger partial charge in [-0.05, 0) is 60.0 Å². The summed E-state index contributed by atoms with van der Waals surface area (Å²) in [5.74, 6) is 1.57. The minimum atomic E-state index is 0.581. The zero-order valence-corrected chi connectivity index (χ0v) is 20.0. The molecule has 0 amide bonds. The Bertz CT molecular complexity index is 1500. The van der Waals surface area contributed by atoms with Crippen LogP contribution >= 0.6 is 11.6 Å². The lowest BCUT2D eigenvalue weighted by atomic mass is 10.0. The van der Waals surface area contributed by atoms with Gasteiger partial charge in [0, 0.05) is 22.7 Å². The lowest BCUT2D eigenvalue weighted by molar-refractivity contribution is 0.326. The van der Waals surface area contributed by atoms with Gasteiger partial charge in [-0.1, -0.05) is 72.3 Å². The summed E-state index contributed by atoms with van der Waals surface area (Å²) < 4.78 is 11.6. The second-order valence-corrected chi connectivity index (χ2v) is 8.52. The van der Waals surface area contributed by atoms with E-state index in [1.165, 1.54) is 10.8 Å². The molecule has 5 rings (SSSR count). The first-order valence-electron chi connectivity index (χ1n) is 11.5. The van der Waals surface area contributed by atoms with Gasteiger partial charge in [0.25, 0.3) is 0 Å². The molecule has 1 aromatic heterocycles. The normalized spacial score (nSPS) is 11.5. The van der Waals surface area contributed by atoms with Gasteiger partial charge in [0.2, 0.25) is 0 Å². The van der Waals surface area contributed by atoms with E-state index < -0.39 is 0 Å². The first kappa shape index (κ1) is 22.1. The molecule has 0 spiro atoms. The van der Waals surface area contributed by atoms with Crippen LogP contribution in [0.1, 0.15) is 25.0 Å². The van der Waals surface area contributed by atoms with E-state index >= 15 is 0 Å². The Kier molecular flexibility index (Phi) is 6.29. The van der Waals surface area contributed by atoms with Gasteiger partial charge in [-0.15, -0.1) is 0 Å². The van der Waals surface area contributed by atoms with Crippen molar-refractivity contribution in [1.82, 2.24) is 4.98 Å². The van der Waals surface area contributed by atoms with Crippen LogP contribution in [0.4, 0.5) is 0 Å². The molecule has 4 aromatic carbocycles. The van der Waals surface area contributed by atoms with Crippen molar-refractivity contribution in [2.75, 3.05) is 13.2 Å². The summed E-state index contributed by atoms with van der Waals surface area (Å²) in [6.07, 6.45) is 4.21. The van der Waals surface area contributed by atoms with Gasteiger partial charge in [0.15, 0.2) is 0 Å². The summed E-state index contributed by atoms with van der Waals surface area (Å²) >= 11 is 6.72. The molecule has 0 saturated heterocycles. The van der Waals surface area contributed by atoms with Crippen molar-refractivity contribution in [3.05, 3.63) is 95.0 Å². The standard InChI is InChI=1S/C30H26ClNO2/c1-3-33-25-17-24-18-28(32-30(24)29(19-25)34-4-2)26-14-12-21(16-27(26)31)10-9-20-11-13-22-7-5-6-8-23(22)15-20/h5-19,32H,3-4H2,1-2H3. The van der Waals surface area contributed by atoms with Gasteiger partial charge < -0.3 is 14.5 Å². The Labute approximate surface area is 204 Å². The van der Waals surface area contributed by atoms with E-state index in [4.69, 9.17) is 21.1 Å². The largest absolute Gasteiger partial charge is 0.494 e. The van der Waals surface area contributed by atoms with Gasteiger partial charge in [-0.25, -0.2) is 0 Å². The Hall–Kier alpha value is -3.69. The van der Waals surface area contributed by atoms with Crippen molar-refractivity contribution in [1.29, 1.82) is 0 Å². The topological polar surface area (TPSA) is 34.2 Å². The third-order valence-corrected chi connectivity index (χ3v) is 6.11. The fourth-order valence-electron chi connectivity index (χ4n) is 4.21. The van der Waals surface area contributed by atoms with Crippen molar-refractivity contribution in [2.45, 2.75) is 13.8 Å². The highest BCUT2D eigenvalue weighted by atomic mass is 35.5. The van der Waals surface area contributed by atoms with E-state index in [1.807, 2.05) is 32.0 Å². The van der Waals surface area contributed by atoms with Crippen LogP contribution in [0.15, 0.2) is 78.9 Å². The van der Waals surface area contributed by atoms with Crippen molar-refractivity contribution < 1.29 is 9.47 Å². The van der Waals surface area contributed by atoms with Crippen LogP contribution in [-0.2, 0) is 0 Å². The lowest BCUT2D eigenvalue weighted by Gasteiger charge is -2.08. The van der Waals surface area contributed by atoms with Crippen LogP contribution in [0, 0.1) is 0 Å². The third-order valence-electron chi connectivity index (χ3n) is 5.80. The zero-order valence-electron chi connectivity index (χ0n) is 19.3. The molecule has 1 heterocycles. The molecular formula is C30H26ClNO2. The van der Waals surface area contributed by atoms with E-state index in [0.29, 0.717) is 18.2 Å². The smallest absolute Gasteiger partial charge is 0.147 e. The molecule has 170 valence electrons. The highest BCUT2D eigenvalue weighted by molar-refractivity contribution is 6.33. The van der Waals surface area contributed by atoms with Crippen LogP contribution in [0.3, 0.4) is 0 Å². The zero-order chi connectivity index (χ0) is 23.5. The molecule has 34 heavy (non-hydrogen) atoms. The molecule has 0 atom stereocenters. The molecule has 0 unspecified atom stereocenters. The summed E-state index contributed by atoms with van der Waals surface area (Å²) in [7, 11) is 0. The molecule has 3 nitrogen and oxygen atoms in total. The fourth-order valence-corrected chi connectivity index (χ4v) is 4.50. The molecule has 5 aromatic rings. The highest BCUT2D eigenvalue weighted by Crippen LogP contribution is 2.36. The first-order valence-corrected chi connectivity index (χ1v) is 11.9. The van der Waals surface area contributed by atoms with Gasteiger partial charge in [0.1, 0.15) is 11.5 Å². The summed E-state index contributed by atoms with van der Waals surface area (Å²) in [4.78, 5) is 3.49. The maximum absolute atomic E-state index is 6.72.